The lowest BCUT2D eigenvalue weighted by Crippen LogP contribution is -2.28. The lowest BCUT2D eigenvalue weighted by Gasteiger charge is -2.24. The third-order valence-electron chi connectivity index (χ3n) is 3.25. The quantitative estimate of drug-likeness (QED) is 0.883. The first-order chi connectivity index (χ1) is 9.74. The third-order valence-corrected chi connectivity index (χ3v) is 3.98. The first-order valence-corrected chi connectivity index (χ1v) is 7.25. The van der Waals surface area contributed by atoms with Crippen molar-refractivity contribution in [3.63, 3.8) is 0 Å². The van der Waals surface area contributed by atoms with Crippen molar-refractivity contribution in [2.24, 2.45) is 0 Å². The summed E-state index contributed by atoms with van der Waals surface area (Å²) >= 11 is 1.56. The number of nitrogens with one attached hydrogen (secondary N) is 1. The van der Waals surface area contributed by atoms with Crippen molar-refractivity contribution < 1.29 is 14.3 Å². The van der Waals surface area contributed by atoms with E-state index < -0.39 is 5.92 Å². The Hall–Kier alpha value is -2.14. The van der Waals surface area contributed by atoms with Gasteiger partial charge in [-0.1, -0.05) is 18.2 Å². The summed E-state index contributed by atoms with van der Waals surface area (Å²) in [6, 6.07) is 9.25. The van der Waals surface area contributed by atoms with Gasteiger partial charge in [-0.15, -0.1) is 0 Å². The summed E-state index contributed by atoms with van der Waals surface area (Å²) in [7, 11) is 0. The Morgan fingerprint density at radius 1 is 1.35 bits per heavy atom. The number of thiophene rings is 1. The molecule has 0 saturated carbocycles. The number of carbonyl (C=O) groups is 2. The number of hydrogen-bond donors (Lipinski definition) is 1. The highest BCUT2D eigenvalue weighted by atomic mass is 32.1. The largest absolute Gasteiger partial charge is 0.460 e. The van der Waals surface area contributed by atoms with E-state index in [9.17, 15) is 9.59 Å². The van der Waals surface area contributed by atoms with Gasteiger partial charge in [0.2, 0.25) is 5.91 Å². The number of anilines is 1. The van der Waals surface area contributed by atoms with E-state index in [0.29, 0.717) is 5.69 Å². The Balaban J connectivity index is 1.76. The number of rotatable bonds is 3. The molecule has 1 aliphatic rings. The average Bonchev–Trinajstić information content (AvgIpc) is 2.97. The highest BCUT2D eigenvalue weighted by Gasteiger charge is 2.31. The molecule has 1 aromatic heterocycles. The Kier molecular flexibility index (Phi) is 3.52. The molecule has 1 amide bonds. The van der Waals surface area contributed by atoms with Gasteiger partial charge >= 0.3 is 5.97 Å². The van der Waals surface area contributed by atoms with Gasteiger partial charge in [0, 0.05) is 17.7 Å². The van der Waals surface area contributed by atoms with Crippen LogP contribution in [0.15, 0.2) is 41.1 Å². The summed E-state index contributed by atoms with van der Waals surface area (Å²) in [6.45, 7) is 0.253. The van der Waals surface area contributed by atoms with E-state index in [1.807, 2.05) is 35.0 Å². The number of ether oxygens (including phenoxy) is 1. The van der Waals surface area contributed by atoms with Gasteiger partial charge in [-0.05, 0) is 28.5 Å². The van der Waals surface area contributed by atoms with Gasteiger partial charge in [-0.25, -0.2) is 0 Å². The molecule has 1 aliphatic heterocycles. The van der Waals surface area contributed by atoms with Gasteiger partial charge in [0.1, 0.15) is 6.61 Å². The minimum absolute atomic E-state index is 0.138. The average molecular weight is 287 g/mol. The van der Waals surface area contributed by atoms with E-state index in [1.54, 1.807) is 17.4 Å². The minimum Gasteiger partial charge on any atom is -0.460 e. The van der Waals surface area contributed by atoms with Crippen LogP contribution in [0.3, 0.4) is 0 Å². The summed E-state index contributed by atoms with van der Waals surface area (Å²) in [5.74, 6) is -1.02. The van der Waals surface area contributed by atoms with Crippen molar-refractivity contribution in [2.75, 3.05) is 5.32 Å². The molecule has 0 radical (unpaired) electrons. The number of para-hydroxylation sites is 1. The van der Waals surface area contributed by atoms with Crippen molar-refractivity contribution in [2.45, 2.75) is 18.9 Å². The molecule has 2 heterocycles. The highest BCUT2D eigenvalue weighted by molar-refractivity contribution is 7.07. The molecule has 1 N–H and O–H groups in total. The van der Waals surface area contributed by atoms with Gasteiger partial charge in [0.05, 0.1) is 5.92 Å². The van der Waals surface area contributed by atoms with Crippen molar-refractivity contribution >= 4 is 28.9 Å². The number of carbonyl (C=O) groups excluding carboxylic acids is 2. The van der Waals surface area contributed by atoms with E-state index in [-0.39, 0.29) is 24.9 Å². The molecule has 5 heteroatoms. The summed E-state index contributed by atoms with van der Waals surface area (Å²) in [6.07, 6.45) is 0.138. The molecular formula is C15H13NO3S. The second-order valence-electron chi connectivity index (χ2n) is 4.63. The summed E-state index contributed by atoms with van der Waals surface area (Å²) in [5, 5.41) is 6.65. The normalized spacial score (nSPS) is 17.2. The summed E-state index contributed by atoms with van der Waals surface area (Å²) in [4.78, 5) is 23.9. The van der Waals surface area contributed by atoms with Gasteiger partial charge in [-0.2, -0.15) is 11.3 Å². The Morgan fingerprint density at radius 3 is 3.00 bits per heavy atom. The fourth-order valence-corrected chi connectivity index (χ4v) is 2.90. The number of hydrogen-bond acceptors (Lipinski definition) is 4. The molecule has 4 nitrogen and oxygen atoms in total. The summed E-state index contributed by atoms with van der Waals surface area (Å²) in [5.41, 5.74) is 2.49. The van der Waals surface area contributed by atoms with Crippen LogP contribution >= 0.6 is 11.3 Å². The van der Waals surface area contributed by atoms with E-state index in [4.69, 9.17) is 4.74 Å². The Labute approximate surface area is 120 Å². The highest BCUT2D eigenvalue weighted by Crippen LogP contribution is 2.32. The molecule has 102 valence electrons. The smallest absolute Gasteiger partial charge is 0.314 e. The molecule has 2 aromatic rings. The van der Waals surface area contributed by atoms with Gasteiger partial charge in [0.25, 0.3) is 0 Å². The third kappa shape index (κ3) is 2.58. The molecule has 0 saturated heterocycles. The second-order valence-corrected chi connectivity index (χ2v) is 5.41. The lowest BCUT2D eigenvalue weighted by molar-refractivity contribution is -0.148. The van der Waals surface area contributed by atoms with E-state index in [2.05, 4.69) is 5.32 Å². The fourth-order valence-electron chi connectivity index (χ4n) is 2.25. The number of amides is 1. The Morgan fingerprint density at radius 2 is 2.20 bits per heavy atom. The predicted octanol–water partition coefficient (Wildman–Crippen LogP) is 2.92. The maximum absolute atomic E-state index is 12.2. The number of esters is 1. The molecule has 1 atom stereocenters. The van der Waals surface area contributed by atoms with Crippen LogP contribution in [-0.4, -0.2) is 11.9 Å². The molecule has 0 aliphatic carbocycles. The van der Waals surface area contributed by atoms with E-state index in [1.165, 1.54) is 0 Å². The Bertz CT molecular complexity index is 636. The van der Waals surface area contributed by atoms with Crippen molar-refractivity contribution in [3.8, 4) is 0 Å². The number of benzene rings is 1. The van der Waals surface area contributed by atoms with Gasteiger partial charge in [-0.3, -0.25) is 9.59 Å². The van der Waals surface area contributed by atoms with Gasteiger partial charge < -0.3 is 10.1 Å². The predicted molar refractivity (Wildman–Crippen MR) is 76.5 cm³/mol. The maximum Gasteiger partial charge on any atom is 0.314 e. The monoisotopic (exact) mass is 287 g/mol. The van der Waals surface area contributed by atoms with Gasteiger partial charge in [0.15, 0.2) is 0 Å². The fraction of sp³-hybridized carbons (Fsp3) is 0.200. The molecule has 0 bridgehead atoms. The summed E-state index contributed by atoms with van der Waals surface area (Å²) < 4.78 is 5.32. The zero-order valence-corrected chi connectivity index (χ0v) is 11.5. The molecular weight excluding hydrogens is 274 g/mol. The molecule has 0 unspecified atom stereocenters. The van der Waals surface area contributed by atoms with Crippen molar-refractivity contribution in [3.05, 3.63) is 52.2 Å². The molecule has 0 fully saturated rings. The maximum atomic E-state index is 12.2. The van der Waals surface area contributed by atoms with Crippen LogP contribution in [-0.2, 0) is 20.9 Å². The first kappa shape index (κ1) is 12.9. The van der Waals surface area contributed by atoms with Crippen LogP contribution in [0.1, 0.15) is 23.5 Å². The molecule has 1 aromatic carbocycles. The topological polar surface area (TPSA) is 55.4 Å². The van der Waals surface area contributed by atoms with Crippen molar-refractivity contribution in [1.29, 1.82) is 0 Å². The van der Waals surface area contributed by atoms with Crippen LogP contribution < -0.4 is 5.32 Å². The first-order valence-electron chi connectivity index (χ1n) is 6.30. The zero-order valence-electron chi connectivity index (χ0n) is 10.7. The molecule has 3 rings (SSSR count). The van der Waals surface area contributed by atoms with Crippen LogP contribution in [0.4, 0.5) is 5.69 Å². The van der Waals surface area contributed by atoms with Crippen molar-refractivity contribution in [1.82, 2.24) is 0 Å². The minimum atomic E-state index is -0.515. The SMILES string of the molecule is O=C1C[C@@H](C(=O)OCc2ccsc2)c2ccccc2N1. The van der Waals surface area contributed by atoms with Crippen LogP contribution in [0, 0.1) is 0 Å². The molecule has 0 spiro atoms. The zero-order chi connectivity index (χ0) is 13.9. The molecule has 20 heavy (non-hydrogen) atoms. The van der Waals surface area contributed by atoms with E-state index >= 15 is 0 Å². The van der Waals surface area contributed by atoms with E-state index in [0.717, 1.165) is 11.1 Å². The lowest BCUT2D eigenvalue weighted by atomic mass is 9.91. The van der Waals surface area contributed by atoms with Crippen LogP contribution in [0.2, 0.25) is 0 Å². The standard InChI is InChI=1S/C15H13NO3S/c17-14-7-12(11-3-1-2-4-13(11)16-14)15(18)19-8-10-5-6-20-9-10/h1-6,9,12H,7-8H2,(H,16,17)/t12-/m1/s1. The second kappa shape index (κ2) is 5.46. The van der Waals surface area contributed by atoms with Crippen LogP contribution in [0.5, 0.6) is 0 Å². The number of fused-ring (bicyclic) bond motifs is 1. The van der Waals surface area contributed by atoms with Crippen LogP contribution in [0.25, 0.3) is 0 Å².